The lowest BCUT2D eigenvalue weighted by Crippen LogP contribution is -2.26. The maximum Gasteiger partial charge on any atom is 0.200 e. The molecule has 0 saturated carbocycles. The van der Waals surface area contributed by atoms with Crippen LogP contribution in [0.2, 0.25) is 0 Å². The summed E-state index contributed by atoms with van der Waals surface area (Å²) in [5, 5.41) is 34.3. The van der Waals surface area contributed by atoms with Gasteiger partial charge in [-0.25, -0.2) is 0 Å². The number of rotatable bonds is 9. The van der Waals surface area contributed by atoms with Crippen LogP contribution in [0.15, 0.2) is 24.3 Å². The third-order valence-electron chi connectivity index (χ3n) is 5.09. The number of phenolic OH excluding ortho intramolecular Hbond substituents is 2. The third kappa shape index (κ3) is 4.46. The number of likely N-dealkylation sites (N-methyl/N-ethyl adjacent to an activating group) is 1. The molecule has 7 N–H and O–H groups in total. The average Bonchev–Trinajstić information content (AvgIpc) is 2.70. The molecule has 31 heavy (non-hydrogen) atoms. The number of benzene rings is 2. The highest BCUT2D eigenvalue weighted by atomic mass is 16.3. The van der Waals surface area contributed by atoms with Crippen LogP contribution >= 0.6 is 0 Å². The molecule has 1 aliphatic carbocycles. The summed E-state index contributed by atoms with van der Waals surface area (Å²) in [5.41, 5.74) is 6.09. The minimum absolute atomic E-state index is 0.0288. The Morgan fingerprint density at radius 2 is 1.39 bits per heavy atom. The number of nitrogens with one attached hydrogen (secondary N) is 3. The molecule has 0 radical (unpaired) electrons. The number of carbonyl (C=O) groups is 2. The van der Waals surface area contributed by atoms with Crippen LogP contribution in [0, 0.1) is 5.41 Å². The lowest BCUT2D eigenvalue weighted by Gasteiger charge is -2.24. The average molecular weight is 425 g/mol. The van der Waals surface area contributed by atoms with E-state index in [0.29, 0.717) is 43.9 Å². The highest BCUT2D eigenvalue weighted by Crippen LogP contribution is 2.42. The zero-order valence-electron chi connectivity index (χ0n) is 17.6. The van der Waals surface area contributed by atoms with Gasteiger partial charge in [-0.15, -0.1) is 0 Å². The monoisotopic (exact) mass is 425 g/mol. The Morgan fingerprint density at radius 1 is 0.903 bits per heavy atom. The lowest BCUT2D eigenvalue weighted by atomic mass is 9.81. The highest BCUT2D eigenvalue weighted by Gasteiger charge is 2.37. The second kappa shape index (κ2) is 9.05. The van der Waals surface area contributed by atoms with Gasteiger partial charge in [0.25, 0.3) is 0 Å². The van der Waals surface area contributed by atoms with Gasteiger partial charge < -0.3 is 31.5 Å². The van der Waals surface area contributed by atoms with Gasteiger partial charge in [0.05, 0.1) is 28.1 Å². The second-order valence-corrected chi connectivity index (χ2v) is 7.71. The van der Waals surface area contributed by atoms with Crippen molar-refractivity contribution in [2.24, 2.45) is 5.73 Å². The van der Waals surface area contributed by atoms with Gasteiger partial charge in [0.15, 0.2) is 0 Å². The molecule has 0 saturated heterocycles. The highest BCUT2D eigenvalue weighted by molar-refractivity contribution is 6.33. The maximum atomic E-state index is 13.4. The van der Waals surface area contributed by atoms with Gasteiger partial charge in [-0.2, -0.15) is 0 Å². The van der Waals surface area contributed by atoms with E-state index in [9.17, 15) is 19.8 Å². The first-order valence-electron chi connectivity index (χ1n) is 9.99. The number of fused-ring (bicyclic) bond motifs is 2. The predicted octanol–water partition coefficient (Wildman–Crippen LogP) is 1.97. The molecular formula is C22H27N5O4. The van der Waals surface area contributed by atoms with E-state index >= 15 is 0 Å². The Balaban J connectivity index is 2.01. The number of carbonyl (C=O) groups excluding carboxylic acids is 2. The van der Waals surface area contributed by atoms with Gasteiger partial charge in [0, 0.05) is 37.4 Å². The standard InChI is InChI=1S/C22H27N5O4/c1-27(2)11-10-26-13-6-8-15(29)20-18(13)22(31)19-14(28)7-5-12(17(19)21(20)30)25-9-3-4-16(23)24/h5-8,25-26,28-29H,3-4,9-11H2,1-2H3,(H3,23,24). The molecule has 0 aliphatic heterocycles. The van der Waals surface area contributed by atoms with Crippen molar-refractivity contribution in [3.63, 3.8) is 0 Å². The van der Waals surface area contributed by atoms with Crippen molar-refractivity contribution >= 4 is 28.8 Å². The van der Waals surface area contributed by atoms with Crippen molar-refractivity contribution in [2.45, 2.75) is 12.8 Å². The number of phenols is 2. The Kier molecular flexibility index (Phi) is 6.45. The van der Waals surface area contributed by atoms with Gasteiger partial charge in [-0.1, -0.05) is 0 Å². The minimum atomic E-state index is -0.539. The topological polar surface area (TPSA) is 152 Å². The van der Waals surface area contributed by atoms with Crippen LogP contribution < -0.4 is 16.4 Å². The van der Waals surface area contributed by atoms with Crippen LogP contribution in [-0.2, 0) is 0 Å². The Labute approximate surface area is 180 Å². The predicted molar refractivity (Wildman–Crippen MR) is 120 cm³/mol. The third-order valence-corrected chi connectivity index (χ3v) is 5.09. The van der Waals surface area contributed by atoms with Gasteiger partial charge >= 0.3 is 0 Å². The number of anilines is 2. The van der Waals surface area contributed by atoms with Crippen molar-refractivity contribution in [1.29, 1.82) is 5.41 Å². The lowest BCUT2D eigenvalue weighted by molar-refractivity contribution is 0.0975. The summed E-state index contributed by atoms with van der Waals surface area (Å²) in [6, 6.07) is 5.83. The van der Waals surface area contributed by atoms with Gasteiger partial charge in [-0.3, -0.25) is 15.0 Å². The SMILES string of the molecule is CN(C)CCNc1ccc(O)c2c1C(=O)c1c(O)ccc(NCCCC(=N)N)c1C2=O. The molecule has 0 atom stereocenters. The van der Waals surface area contributed by atoms with Crippen molar-refractivity contribution in [3.05, 3.63) is 46.5 Å². The van der Waals surface area contributed by atoms with Gasteiger partial charge in [0.1, 0.15) is 11.5 Å². The summed E-state index contributed by atoms with van der Waals surface area (Å²) in [6.07, 6.45) is 0.959. The molecule has 0 spiro atoms. The molecule has 9 nitrogen and oxygen atoms in total. The fourth-order valence-electron chi connectivity index (χ4n) is 3.58. The molecule has 0 unspecified atom stereocenters. The van der Waals surface area contributed by atoms with E-state index in [2.05, 4.69) is 10.6 Å². The molecule has 2 aromatic carbocycles. The van der Waals surface area contributed by atoms with Gasteiger partial charge in [-0.05, 0) is 44.8 Å². The van der Waals surface area contributed by atoms with Crippen molar-refractivity contribution in [2.75, 3.05) is 44.4 Å². The molecule has 0 fully saturated rings. The van der Waals surface area contributed by atoms with E-state index in [1.54, 1.807) is 6.07 Å². The number of nitrogens with two attached hydrogens (primary N) is 1. The Bertz CT molecular complexity index is 1050. The van der Waals surface area contributed by atoms with Crippen LogP contribution in [-0.4, -0.2) is 66.2 Å². The number of hydrogen-bond acceptors (Lipinski definition) is 8. The summed E-state index contributed by atoms with van der Waals surface area (Å²) in [6.45, 7) is 1.65. The number of aromatic hydroxyl groups is 2. The van der Waals surface area contributed by atoms with Crippen molar-refractivity contribution < 1.29 is 19.8 Å². The molecule has 0 amide bonds. The zero-order valence-corrected chi connectivity index (χ0v) is 17.6. The number of amidine groups is 1. The molecule has 3 rings (SSSR count). The molecule has 164 valence electrons. The fourth-order valence-corrected chi connectivity index (χ4v) is 3.58. The van der Waals surface area contributed by atoms with E-state index in [0.717, 1.165) is 0 Å². The Morgan fingerprint density at radius 3 is 1.84 bits per heavy atom. The van der Waals surface area contributed by atoms with Crippen LogP contribution in [0.1, 0.15) is 44.7 Å². The summed E-state index contributed by atoms with van der Waals surface area (Å²) >= 11 is 0. The van der Waals surface area contributed by atoms with Crippen LogP contribution in [0.3, 0.4) is 0 Å². The van der Waals surface area contributed by atoms with E-state index in [-0.39, 0.29) is 39.6 Å². The molecule has 2 aromatic rings. The van der Waals surface area contributed by atoms with Crippen LogP contribution in [0.5, 0.6) is 11.5 Å². The molecule has 9 heteroatoms. The Hall–Kier alpha value is -3.59. The number of hydrogen-bond donors (Lipinski definition) is 6. The molecule has 0 heterocycles. The van der Waals surface area contributed by atoms with E-state index < -0.39 is 11.6 Å². The largest absolute Gasteiger partial charge is 0.507 e. The summed E-state index contributed by atoms with van der Waals surface area (Å²) in [7, 11) is 3.84. The van der Waals surface area contributed by atoms with Crippen molar-refractivity contribution in [3.8, 4) is 11.5 Å². The quantitative estimate of drug-likeness (QED) is 0.132. The minimum Gasteiger partial charge on any atom is -0.507 e. The van der Waals surface area contributed by atoms with Crippen LogP contribution in [0.4, 0.5) is 11.4 Å². The van der Waals surface area contributed by atoms with E-state index in [4.69, 9.17) is 11.1 Å². The smallest absolute Gasteiger partial charge is 0.200 e. The molecule has 0 bridgehead atoms. The van der Waals surface area contributed by atoms with E-state index in [1.165, 1.54) is 18.2 Å². The molecule has 0 aromatic heterocycles. The maximum absolute atomic E-state index is 13.4. The summed E-state index contributed by atoms with van der Waals surface area (Å²) in [5.74, 6) is -1.59. The van der Waals surface area contributed by atoms with E-state index in [1.807, 2.05) is 19.0 Å². The first-order valence-corrected chi connectivity index (χ1v) is 9.99. The number of nitrogens with zero attached hydrogens (tertiary/aromatic N) is 1. The first-order chi connectivity index (χ1) is 14.7. The zero-order chi connectivity index (χ0) is 22.7. The normalized spacial score (nSPS) is 12.5. The number of ketones is 2. The van der Waals surface area contributed by atoms with Crippen LogP contribution in [0.25, 0.3) is 0 Å². The first kappa shape index (κ1) is 22.1. The summed E-state index contributed by atoms with van der Waals surface area (Å²) < 4.78 is 0. The molecule has 1 aliphatic rings. The van der Waals surface area contributed by atoms with Gasteiger partial charge in [0.2, 0.25) is 11.6 Å². The fraction of sp³-hybridized carbons (Fsp3) is 0.318. The second-order valence-electron chi connectivity index (χ2n) is 7.71. The van der Waals surface area contributed by atoms with Crippen molar-refractivity contribution in [1.82, 2.24) is 4.90 Å². The molecular weight excluding hydrogens is 398 g/mol. The summed E-state index contributed by atoms with van der Waals surface area (Å²) in [4.78, 5) is 28.7.